The summed E-state index contributed by atoms with van der Waals surface area (Å²) in [6.45, 7) is 8.77. The number of aromatic amines is 1. The van der Waals surface area contributed by atoms with Crippen LogP contribution in [0.3, 0.4) is 0 Å². The molecule has 2 N–H and O–H groups in total. The van der Waals surface area contributed by atoms with Crippen LogP contribution >= 0.6 is 0 Å². The molecule has 5 nitrogen and oxygen atoms in total. The smallest absolute Gasteiger partial charge is 0.269 e. The fraction of sp³-hybridized carbons (Fsp3) is 0.368. The van der Waals surface area contributed by atoms with E-state index in [4.69, 9.17) is 0 Å². The van der Waals surface area contributed by atoms with Gasteiger partial charge in [0.25, 0.3) is 5.91 Å². The maximum absolute atomic E-state index is 12.4. The first kappa shape index (κ1) is 16.3. The van der Waals surface area contributed by atoms with E-state index in [1.165, 1.54) is 22.2 Å². The average Bonchev–Trinajstić information content (AvgIpc) is 3.04. The van der Waals surface area contributed by atoms with E-state index < -0.39 is 0 Å². The molecule has 1 aromatic carbocycles. The van der Waals surface area contributed by atoms with E-state index in [2.05, 4.69) is 48.3 Å². The molecular formula is C19H24N4O. The normalized spacial score (nSPS) is 11.2. The molecule has 3 aromatic rings. The monoisotopic (exact) mass is 324 g/mol. The molecular weight excluding hydrogens is 300 g/mol. The van der Waals surface area contributed by atoms with Crippen molar-refractivity contribution >= 4 is 16.8 Å². The lowest BCUT2D eigenvalue weighted by atomic mass is 10.0. The number of carbonyl (C=O) groups excluding carboxylic acids is 1. The van der Waals surface area contributed by atoms with Crippen LogP contribution in [0.15, 0.2) is 18.2 Å². The van der Waals surface area contributed by atoms with Gasteiger partial charge in [0, 0.05) is 24.7 Å². The molecule has 2 heterocycles. The molecule has 0 aliphatic carbocycles. The van der Waals surface area contributed by atoms with E-state index in [0.29, 0.717) is 12.2 Å². The predicted molar refractivity (Wildman–Crippen MR) is 96.3 cm³/mol. The van der Waals surface area contributed by atoms with Crippen LogP contribution in [-0.4, -0.2) is 20.7 Å². The summed E-state index contributed by atoms with van der Waals surface area (Å²) in [4.78, 5) is 15.9. The third-order valence-electron chi connectivity index (χ3n) is 4.52. The molecule has 0 spiro atoms. The number of fused-ring (bicyclic) bond motifs is 1. The summed E-state index contributed by atoms with van der Waals surface area (Å²) in [5.74, 6) is -0.105. The fourth-order valence-electron chi connectivity index (χ4n) is 3.29. The van der Waals surface area contributed by atoms with Crippen LogP contribution in [-0.2, 0) is 20.0 Å². The second-order valence-corrected chi connectivity index (χ2v) is 6.41. The molecule has 3 rings (SSSR count). The Hall–Kier alpha value is -2.56. The second-order valence-electron chi connectivity index (χ2n) is 6.41. The Labute approximate surface area is 142 Å². The lowest BCUT2D eigenvalue weighted by molar-refractivity contribution is 0.0941. The largest absolute Gasteiger partial charge is 0.358 e. The Bertz CT molecular complexity index is 917. The third-order valence-corrected chi connectivity index (χ3v) is 4.52. The fourth-order valence-corrected chi connectivity index (χ4v) is 3.29. The van der Waals surface area contributed by atoms with E-state index >= 15 is 0 Å². The van der Waals surface area contributed by atoms with E-state index in [0.717, 1.165) is 23.2 Å². The number of benzene rings is 1. The first-order valence-corrected chi connectivity index (χ1v) is 8.30. The van der Waals surface area contributed by atoms with Gasteiger partial charge >= 0.3 is 0 Å². The minimum atomic E-state index is -0.105. The number of carbonyl (C=O) groups is 1. The molecule has 0 unspecified atom stereocenters. The molecule has 0 saturated heterocycles. The Balaban J connectivity index is 1.90. The zero-order valence-corrected chi connectivity index (χ0v) is 14.9. The van der Waals surface area contributed by atoms with Gasteiger partial charge in [0.05, 0.1) is 11.2 Å². The van der Waals surface area contributed by atoms with Gasteiger partial charge < -0.3 is 10.3 Å². The van der Waals surface area contributed by atoms with Crippen LogP contribution in [0.1, 0.15) is 45.5 Å². The van der Waals surface area contributed by atoms with E-state index in [9.17, 15) is 4.79 Å². The number of hydrogen-bond donors (Lipinski definition) is 2. The van der Waals surface area contributed by atoms with Crippen LogP contribution < -0.4 is 5.32 Å². The van der Waals surface area contributed by atoms with Crippen molar-refractivity contribution in [3.8, 4) is 0 Å². The molecule has 0 fully saturated rings. The van der Waals surface area contributed by atoms with Gasteiger partial charge in [-0.1, -0.05) is 18.6 Å². The van der Waals surface area contributed by atoms with Gasteiger partial charge in [-0.3, -0.25) is 9.48 Å². The Morgan fingerprint density at radius 1 is 1.25 bits per heavy atom. The van der Waals surface area contributed by atoms with Crippen LogP contribution in [0.5, 0.6) is 0 Å². The number of rotatable bonds is 4. The lowest BCUT2D eigenvalue weighted by Crippen LogP contribution is -2.25. The number of aryl methyl sites for hydroxylation is 5. The van der Waals surface area contributed by atoms with Gasteiger partial charge in [-0.05, 0) is 50.5 Å². The number of nitrogens with one attached hydrogen (secondary N) is 2. The first-order chi connectivity index (χ1) is 11.4. The molecule has 0 bridgehead atoms. The lowest BCUT2D eigenvalue weighted by Gasteiger charge is -2.08. The molecule has 0 atom stereocenters. The van der Waals surface area contributed by atoms with Gasteiger partial charge in [0.15, 0.2) is 0 Å². The van der Waals surface area contributed by atoms with Crippen LogP contribution in [0.4, 0.5) is 0 Å². The van der Waals surface area contributed by atoms with Crippen molar-refractivity contribution < 1.29 is 4.79 Å². The summed E-state index contributed by atoms with van der Waals surface area (Å²) >= 11 is 0. The minimum absolute atomic E-state index is 0.105. The maximum Gasteiger partial charge on any atom is 0.269 e. The molecule has 0 radical (unpaired) electrons. The summed E-state index contributed by atoms with van der Waals surface area (Å²) in [6.07, 6.45) is 0.972. The molecule has 0 saturated carbocycles. The van der Waals surface area contributed by atoms with Gasteiger partial charge in [-0.2, -0.15) is 5.10 Å². The highest BCUT2D eigenvalue weighted by atomic mass is 16.2. The molecule has 5 heteroatoms. The van der Waals surface area contributed by atoms with Crippen LogP contribution in [0.25, 0.3) is 10.9 Å². The van der Waals surface area contributed by atoms with E-state index in [-0.39, 0.29) is 5.91 Å². The standard InChI is InChI=1S/C19H24N4O/c1-6-16-13(4)15-8-11(2)7-14(18(15)21-16)10-20-19(24)17-9-12(3)22-23(17)5/h7-9,21H,6,10H2,1-5H3,(H,20,24). The first-order valence-electron chi connectivity index (χ1n) is 8.30. The molecule has 0 aliphatic heterocycles. The third kappa shape index (κ3) is 2.82. The number of amides is 1. The van der Waals surface area contributed by atoms with Crippen molar-refractivity contribution in [2.24, 2.45) is 7.05 Å². The van der Waals surface area contributed by atoms with Crippen LogP contribution in [0, 0.1) is 20.8 Å². The quantitative estimate of drug-likeness (QED) is 0.773. The number of H-pyrrole nitrogens is 1. The highest BCUT2D eigenvalue weighted by Gasteiger charge is 2.14. The Morgan fingerprint density at radius 2 is 2.00 bits per heavy atom. The topological polar surface area (TPSA) is 62.7 Å². The summed E-state index contributed by atoms with van der Waals surface area (Å²) in [5.41, 5.74) is 7.40. The predicted octanol–water partition coefficient (Wildman–Crippen LogP) is 3.32. The van der Waals surface area contributed by atoms with Crippen molar-refractivity contribution in [3.63, 3.8) is 0 Å². The van der Waals surface area contributed by atoms with E-state index in [1.807, 2.05) is 6.92 Å². The van der Waals surface area contributed by atoms with Gasteiger partial charge in [0.2, 0.25) is 0 Å². The van der Waals surface area contributed by atoms with E-state index in [1.54, 1.807) is 17.8 Å². The molecule has 2 aromatic heterocycles. The van der Waals surface area contributed by atoms with Crippen molar-refractivity contribution in [2.75, 3.05) is 0 Å². The summed E-state index contributed by atoms with van der Waals surface area (Å²) < 4.78 is 1.62. The second kappa shape index (κ2) is 6.15. The average molecular weight is 324 g/mol. The highest BCUT2D eigenvalue weighted by molar-refractivity contribution is 5.93. The highest BCUT2D eigenvalue weighted by Crippen LogP contribution is 2.26. The van der Waals surface area contributed by atoms with Gasteiger partial charge in [0.1, 0.15) is 5.69 Å². The number of nitrogens with zero attached hydrogens (tertiary/aromatic N) is 2. The molecule has 24 heavy (non-hydrogen) atoms. The maximum atomic E-state index is 12.4. The Morgan fingerprint density at radius 3 is 2.62 bits per heavy atom. The van der Waals surface area contributed by atoms with Crippen molar-refractivity contribution in [1.82, 2.24) is 20.1 Å². The van der Waals surface area contributed by atoms with Gasteiger partial charge in [-0.15, -0.1) is 0 Å². The summed E-state index contributed by atoms with van der Waals surface area (Å²) in [7, 11) is 1.79. The van der Waals surface area contributed by atoms with Crippen molar-refractivity contribution in [1.29, 1.82) is 0 Å². The minimum Gasteiger partial charge on any atom is -0.358 e. The number of aromatic nitrogens is 3. The molecule has 126 valence electrons. The van der Waals surface area contributed by atoms with Crippen molar-refractivity contribution in [2.45, 2.75) is 40.7 Å². The SMILES string of the molecule is CCc1[nH]c2c(CNC(=O)c3cc(C)nn3C)cc(C)cc2c1C. The van der Waals surface area contributed by atoms with Crippen molar-refractivity contribution in [3.05, 3.63) is 52.0 Å². The zero-order valence-electron chi connectivity index (χ0n) is 14.9. The molecule has 0 aliphatic rings. The summed E-state index contributed by atoms with van der Waals surface area (Å²) in [6, 6.07) is 6.14. The van der Waals surface area contributed by atoms with Crippen LogP contribution in [0.2, 0.25) is 0 Å². The van der Waals surface area contributed by atoms with Gasteiger partial charge in [-0.25, -0.2) is 0 Å². The summed E-state index contributed by atoms with van der Waals surface area (Å²) in [5, 5.41) is 8.49. The molecule has 1 amide bonds. The number of hydrogen-bond acceptors (Lipinski definition) is 2. The Kier molecular flexibility index (Phi) is 4.18. The zero-order chi connectivity index (χ0) is 17.4.